The molecule has 0 saturated carbocycles. The average Bonchev–Trinajstić information content (AvgIpc) is 3.12. The Hall–Kier alpha value is -4.07. The third-order valence-electron chi connectivity index (χ3n) is 4.73. The summed E-state index contributed by atoms with van der Waals surface area (Å²) in [7, 11) is 3.47. The highest BCUT2D eigenvalue weighted by atomic mass is 16.2. The Morgan fingerprint density at radius 2 is 1.90 bits per heavy atom. The molecular weight excluding hydrogens is 366 g/mol. The molecule has 8 nitrogen and oxygen atoms in total. The van der Waals surface area contributed by atoms with E-state index in [-0.39, 0.29) is 5.91 Å². The Kier molecular flexibility index (Phi) is 3.83. The Morgan fingerprint density at radius 3 is 2.76 bits per heavy atom. The van der Waals surface area contributed by atoms with Crippen LogP contribution in [0, 0.1) is 0 Å². The Bertz CT molecular complexity index is 1390. The fourth-order valence-electron chi connectivity index (χ4n) is 3.36. The lowest BCUT2D eigenvalue weighted by Crippen LogP contribution is -2.21. The molecule has 0 unspecified atom stereocenters. The number of aromatic nitrogens is 5. The van der Waals surface area contributed by atoms with Gasteiger partial charge in [0.25, 0.3) is 5.91 Å². The van der Waals surface area contributed by atoms with Crippen molar-refractivity contribution < 1.29 is 4.79 Å². The number of hydrogen-bond donors (Lipinski definition) is 1. The average molecular weight is 383 g/mol. The maximum atomic E-state index is 12.3. The van der Waals surface area contributed by atoms with E-state index in [1.807, 2.05) is 34.9 Å². The molecule has 0 aliphatic rings. The summed E-state index contributed by atoms with van der Waals surface area (Å²) in [5.41, 5.74) is 3.61. The molecule has 0 spiro atoms. The predicted octanol–water partition coefficient (Wildman–Crippen LogP) is 3.27. The molecule has 1 N–H and O–H groups in total. The van der Waals surface area contributed by atoms with Crippen molar-refractivity contribution in [3.8, 4) is 0 Å². The van der Waals surface area contributed by atoms with Crippen LogP contribution in [0.15, 0.2) is 61.3 Å². The number of nitrogens with zero attached hydrogens (tertiary/aromatic N) is 6. The van der Waals surface area contributed by atoms with E-state index in [0.29, 0.717) is 11.4 Å². The number of rotatable bonds is 3. The summed E-state index contributed by atoms with van der Waals surface area (Å²) < 4.78 is 1.90. The van der Waals surface area contributed by atoms with Crippen molar-refractivity contribution in [3.05, 3.63) is 66.9 Å². The molecule has 0 aliphatic heterocycles. The van der Waals surface area contributed by atoms with Crippen molar-refractivity contribution in [1.29, 1.82) is 0 Å². The molecule has 1 amide bonds. The summed E-state index contributed by atoms with van der Waals surface area (Å²) >= 11 is 0. The number of imidazole rings is 1. The zero-order chi connectivity index (χ0) is 20.0. The largest absolute Gasteiger partial charge is 0.345 e. The normalized spacial score (nSPS) is 11.2. The van der Waals surface area contributed by atoms with E-state index in [1.54, 1.807) is 49.8 Å². The minimum Gasteiger partial charge on any atom is -0.345 e. The first-order chi connectivity index (χ1) is 14.1. The van der Waals surface area contributed by atoms with Crippen LogP contribution < -0.4 is 5.32 Å². The van der Waals surface area contributed by atoms with Gasteiger partial charge in [0, 0.05) is 60.9 Å². The second kappa shape index (κ2) is 6.52. The fraction of sp³-hybridized carbons (Fsp3) is 0.0952. The van der Waals surface area contributed by atoms with E-state index in [2.05, 4.69) is 20.3 Å². The number of carbonyl (C=O) groups excluding carboxylic acids is 1. The van der Waals surface area contributed by atoms with Crippen molar-refractivity contribution in [3.63, 3.8) is 0 Å². The summed E-state index contributed by atoms with van der Waals surface area (Å²) in [6.45, 7) is 0. The number of hydrogen-bond acceptors (Lipinski definition) is 6. The SMILES string of the molecule is CN(C)C(=O)c1cccc(Nc2nc3c(nc4cnccn43)c3ccncc23)c1. The molecule has 5 rings (SSSR count). The first-order valence-corrected chi connectivity index (χ1v) is 9.06. The van der Waals surface area contributed by atoms with Gasteiger partial charge in [0.2, 0.25) is 0 Å². The number of pyridine rings is 2. The summed E-state index contributed by atoms with van der Waals surface area (Å²) in [5, 5.41) is 5.14. The second-order valence-corrected chi connectivity index (χ2v) is 6.88. The highest BCUT2D eigenvalue weighted by Gasteiger charge is 2.15. The molecule has 0 saturated heterocycles. The molecule has 1 aromatic carbocycles. The quantitative estimate of drug-likeness (QED) is 0.514. The predicted molar refractivity (Wildman–Crippen MR) is 111 cm³/mol. The fourth-order valence-corrected chi connectivity index (χ4v) is 3.36. The van der Waals surface area contributed by atoms with Gasteiger partial charge < -0.3 is 10.2 Å². The number of carbonyl (C=O) groups is 1. The lowest BCUT2D eigenvalue weighted by atomic mass is 10.1. The molecule has 8 heteroatoms. The van der Waals surface area contributed by atoms with Gasteiger partial charge in [0.1, 0.15) is 11.3 Å². The van der Waals surface area contributed by atoms with Crippen molar-refractivity contribution >= 4 is 45.0 Å². The number of fused-ring (bicyclic) bond motifs is 5. The van der Waals surface area contributed by atoms with Gasteiger partial charge in [0.15, 0.2) is 11.3 Å². The third-order valence-corrected chi connectivity index (χ3v) is 4.73. The molecule has 29 heavy (non-hydrogen) atoms. The zero-order valence-electron chi connectivity index (χ0n) is 15.9. The highest BCUT2D eigenvalue weighted by Crippen LogP contribution is 2.30. The van der Waals surface area contributed by atoms with E-state index in [0.717, 1.165) is 33.3 Å². The summed E-state index contributed by atoms with van der Waals surface area (Å²) in [6.07, 6.45) is 8.75. The van der Waals surface area contributed by atoms with Gasteiger partial charge in [0.05, 0.1) is 6.20 Å². The molecule has 0 aliphatic carbocycles. The van der Waals surface area contributed by atoms with E-state index >= 15 is 0 Å². The van der Waals surface area contributed by atoms with Crippen LogP contribution >= 0.6 is 0 Å². The first-order valence-electron chi connectivity index (χ1n) is 9.06. The molecule has 0 atom stereocenters. The topological polar surface area (TPSA) is 88.3 Å². The molecule has 0 bridgehead atoms. The van der Waals surface area contributed by atoms with Crippen molar-refractivity contribution in [2.24, 2.45) is 0 Å². The Labute approximate surface area is 165 Å². The van der Waals surface area contributed by atoms with Crippen LogP contribution in [-0.2, 0) is 0 Å². The van der Waals surface area contributed by atoms with Crippen molar-refractivity contribution in [2.75, 3.05) is 19.4 Å². The van der Waals surface area contributed by atoms with Gasteiger partial charge in [-0.15, -0.1) is 0 Å². The second-order valence-electron chi connectivity index (χ2n) is 6.88. The van der Waals surface area contributed by atoms with E-state index in [1.165, 1.54) is 0 Å². The number of anilines is 2. The summed E-state index contributed by atoms with van der Waals surface area (Å²) in [4.78, 5) is 31.8. The Balaban J connectivity index is 1.69. The summed E-state index contributed by atoms with van der Waals surface area (Å²) in [6, 6.07) is 9.28. The molecule has 5 aromatic rings. The van der Waals surface area contributed by atoms with E-state index in [9.17, 15) is 4.79 Å². The maximum absolute atomic E-state index is 12.3. The standard InChI is InChI=1S/C21H17N7O/c1-27(2)21(29)13-4-3-5-14(10-13)24-19-16-11-22-7-6-15(16)18-20(26-19)28-9-8-23-12-17(28)25-18/h3-12H,1-2H3,(H,24,26). The monoisotopic (exact) mass is 383 g/mol. The van der Waals surface area contributed by atoms with Crippen LogP contribution in [-0.4, -0.2) is 49.2 Å². The van der Waals surface area contributed by atoms with Crippen LogP contribution in [0.5, 0.6) is 0 Å². The van der Waals surface area contributed by atoms with Crippen molar-refractivity contribution in [1.82, 2.24) is 29.2 Å². The first kappa shape index (κ1) is 17.1. The van der Waals surface area contributed by atoms with Crippen LogP contribution in [0.3, 0.4) is 0 Å². The molecule has 4 heterocycles. The molecule has 0 radical (unpaired) electrons. The van der Waals surface area contributed by atoms with Crippen LogP contribution in [0.2, 0.25) is 0 Å². The van der Waals surface area contributed by atoms with Gasteiger partial charge in [-0.2, -0.15) is 0 Å². The molecule has 4 aromatic heterocycles. The minimum atomic E-state index is -0.0575. The molecule has 142 valence electrons. The van der Waals surface area contributed by atoms with E-state index < -0.39 is 0 Å². The number of nitrogens with one attached hydrogen (secondary N) is 1. The van der Waals surface area contributed by atoms with Gasteiger partial charge in [-0.1, -0.05) is 6.07 Å². The van der Waals surface area contributed by atoms with Crippen molar-refractivity contribution in [2.45, 2.75) is 0 Å². The van der Waals surface area contributed by atoms with Gasteiger partial charge >= 0.3 is 0 Å². The maximum Gasteiger partial charge on any atom is 0.253 e. The number of benzene rings is 1. The van der Waals surface area contributed by atoms with Crippen LogP contribution in [0.4, 0.5) is 11.5 Å². The van der Waals surface area contributed by atoms with E-state index in [4.69, 9.17) is 4.98 Å². The van der Waals surface area contributed by atoms with Crippen LogP contribution in [0.25, 0.3) is 27.6 Å². The summed E-state index contributed by atoms with van der Waals surface area (Å²) in [5.74, 6) is 0.589. The molecular formula is C21H17N7O. The van der Waals surface area contributed by atoms with Gasteiger partial charge in [-0.05, 0) is 24.3 Å². The Morgan fingerprint density at radius 1 is 1.03 bits per heavy atom. The van der Waals surface area contributed by atoms with Gasteiger partial charge in [-0.25, -0.2) is 9.97 Å². The van der Waals surface area contributed by atoms with Crippen LogP contribution in [0.1, 0.15) is 10.4 Å². The van der Waals surface area contributed by atoms with Gasteiger partial charge in [-0.3, -0.25) is 19.2 Å². The third kappa shape index (κ3) is 2.82. The minimum absolute atomic E-state index is 0.0575. The molecule has 0 fully saturated rings. The highest BCUT2D eigenvalue weighted by molar-refractivity contribution is 6.08. The lowest BCUT2D eigenvalue weighted by Gasteiger charge is -2.13. The number of amides is 1. The smallest absolute Gasteiger partial charge is 0.253 e. The lowest BCUT2D eigenvalue weighted by molar-refractivity contribution is 0.0827. The zero-order valence-corrected chi connectivity index (χ0v) is 15.9.